The van der Waals surface area contributed by atoms with Crippen LogP contribution >= 0.6 is 0 Å². The molecule has 8 heteroatoms. The lowest BCUT2D eigenvalue weighted by Crippen LogP contribution is -2.19. The number of benzene rings is 7. The summed E-state index contributed by atoms with van der Waals surface area (Å²) in [5.41, 5.74) is -2.43. The van der Waals surface area contributed by atoms with Crippen molar-refractivity contribution in [3.8, 4) is 11.5 Å². The van der Waals surface area contributed by atoms with Crippen LogP contribution in [-0.2, 0) is 9.59 Å². The third kappa shape index (κ3) is 3.29. The lowest BCUT2D eigenvalue weighted by molar-refractivity contribution is -0.132. The fraction of sp³-hybridized carbons (Fsp3) is 0.0588. The molecule has 0 N–H and O–H groups in total. The van der Waals surface area contributed by atoms with Crippen LogP contribution in [0.4, 0.5) is 0 Å². The Morgan fingerprint density at radius 1 is 0.405 bits per heavy atom. The van der Waals surface area contributed by atoms with E-state index in [1.165, 1.54) is 38.1 Å². The maximum absolute atomic E-state index is 14.3. The molecular weight excluding hydrogens is 536 g/mol. The molecule has 7 rings (SSSR count). The smallest absolute Gasteiger partial charge is 0.308 e. The van der Waals surface area contributed by atoms with E-state index in [1.807, 2.05) is 0 Å². The first-order valence-corrected chi connectivity index (χ1v) is 13.0. The van der Waals surface area contributed by atoms with E-state index in [4.69, 9.17) is 9.47 Å². The summed E-state index contributed by atoms with van der Waals surface area (Å²) in [7, 11) is 0. The summed E-state index contributed by atoms with van der Waals surface area (Å²) >= 11 is 0. The van der Waals surface area contributed by atoms with E-state index in [0.717, 1.165) is 0 Å². The number of hydrogen-bond acceptors (Lipinski definition) is 8. The molecule has 7 aromatic rings. The maximum Gasteiger partial charge on any atom is 0.308 e. The predicted octanol–water partition coefficient (Wildman–Crippen LogP) is 4.77. The first kappa shape index (κ1) is 25.2. The van der Waals surface area contributed by atoms with Crippen LogP contribution in [0.2, 0.25) is 0 Å². The highest BCUT2D eigenvalue weighted by Crippen LogP contribution is 2.44. The molecule has 0 heterocycles. The van der Waals surface area contributed by atoms with Crippen LogP contribution in [0.5, 0.6) is 11.5 Å². The molecule has 0 radical (unpaired) electrons. The van der Waals surface area contributed by atoms with Crippen molar-refractivity contribution in [1.82, 2.24) is 0 Å². The van der Waals surface area contributed by atoms with E-state index in [1.54, 1.807) is 48.5 Å². The first-order valence-electron chi connectivity index (χ1n) is 13.0. The molecule has 0 aliphatic heterocycles. The molecule has 0 aliphatic carbocycles. The average Bonchev–Trinajstić information content (AvgIpc) is 2.98. The molecule has 202 valence electrons. The molecule has 0 aliphatic rings. The second-order valence-electron chi connectivity index (χ2n) is 10.0. The molecule has 0 unspecified atom stereocenters. The van der Waals surface area contributed by atoms with Gasteiger partial charge in [-0.15, -0.1) is 0 Å². The lowest BCUT2D eigenvalue weighted by Gasteiger charge is -2.17. The van der Waals surface area contributed by atoms with Gasteiger partial charge in [-0.3, -0.25) is 28.8 Å². The van der Waals surface area contributed by atoms with E-state index in [2.05, 4.69) is 0 Å². The van der Waals surface area contributed by atoms with E-state index < -0.39 is 33.7 Å². The van der Waals surface area contributed by atoms with E-state index in [-0.39, 0.29) is 76.1 Å². The normalized spacial score (nSPS) is 11.7. The molecule has 42 heavy (non-hydrogen) atoms. The zero-order chi connectivity index (χ0) is 29.4. The van der Waals surface area contributed by atoms with Gasteiger partial charge in [-0.05, 0) is 0 Å². The minimum Gasteiger partial charge on any atom is -0.425 e. The van der Waals surface area contributed by atoms with Crippen molar-refractivity contribution in [1.29, 1.82) is 0 Å². The number of fused-ring (bicyclic) bond motifs is 9. The Balaban J connectivity index is 2.02. The van der Waals surface area contributed by atoms with Crippen molar-refractivity contribution >= 4 is 76.6 Å². The molecular formula is C34H18O8. The highest BCUT2D eigenvalue weighted by atomic mass is 16.5. The highest BCUT2D eigenvalue weighted by molar-refractivity contribution is 6.34. The van der Waals surface area contributed by atoms with Gasteiger partial charge in [0.25, 0.3) is 0 Å². The fourth-order valence-electron chi connectivity index (χ4n) is 6.06. The molecule has 0 saturated heterocycles. The Labute approximate surface area is 234 Å². The molecule has 0 saturated carbocycles. The number of carbonyl (C=O) groups excluding carboxylic acids is 2. The molecule has 0 spiro atoms. The van der Waals surface area contributed by atoms with Gasteiger partial charge in [-0.2, -0.15) is 0 Å². The van der Waals surface area contributed by atoms with Gasteiger partial charge in [0, 0.05) is 78.5 Å². The molecule has 8 nitrogen and oxygen atoms in total. The first-order chi connectivity index (χ1) is 20.2. The molecule has 0 aromatic heterocycles. The zero-order valence-electron chi connectivity index (χ0n) is 22.2. The third-order valence-electron chi connectivity index (χ3n) is 7.60. The van der Waals surface area contributed by atoms with Crippen molar-refractivity contribution in [3.63, 3.8) is 0 Å². The minimum absolute atomic E-state index is 0.0854. The summed E-state index contributed by atoms with van der Waals surface area (Å²) in [6, 6.07) is 18.9. The zero-order valence-corrected chi connectivity index (χ0v) is 22.2. The fourth-order valence-corrected chi connectivity index (χ4v) is 6.06. The van der Waals surface area contributed by atoms with Gasteiger partial charge in [0.2, 0.25) is 0 Å². The lowest BCUT2D eigenvalue weighted by atomic mass is 9.87. The number of rotatable bonds is 2. The summed E-state index contributed by atoms with van der Waals surface area (Å²) < 4.78 is 11.4. The second kappa shape index (κ2) is 8.87. The Morgan fingerprint density at radius 2 is 0.643 bits per heavy atom. The van der Waals surface area contributed by atoms with Crippen molar-refractivity contribution in [3.05, 3.63) is 114 Å². The van der Waals surface area contributed by atoms with Gasteiger partial charge < -0.3 is 9.47 Å². The largest absolute Gasteiger partial charge is 0.425 e. The quantitative estimate of drug-likeness (QED) is 0.130. The Kier molecular flexibility index (Phi) is 5.33. The monoisotopic (exact) mass is 554 g/mol. The number of ether oxygens (including phenoxy) is 2. The van der Waals surface area contributed by atoms with Crippen LogP contribution in [0.25, 0.3) is 64.6 Å². The van der Waals surface area contributed by atoms with E-state index in [0.29, 0.717) is 0 Å². The van der Waals surface area contributed by atoms with Gasteiger partial charge >= 0.3 is 11.9 Å². The van der Waals surface area contributed by atoms with Crippen molar-refractivity contribution in [2.24, 2.45) is 0 Å². The summed E-state index contributed by atoms with van der Waals surface area (Å²) in [6.07, 6.45) is 0. The van der Waals surface area contributed by atoms with Crippen LogP contribution in [0.3, 0.4) is 0 Å². The second-order valence-corrected chi connectivity index (χ2v) is 10.0. The van der Waals surface area contributed by atoms with E-state index in [9.17, 15) is 28.8 Å². The summed E-state index contributed by atoms with van der Waals surface area (Å²) in [6.45, 7) is 2.35. The number of carbonyl (C=O) groups is 2. The standard InChI is InChI=1S/C34H18O8/c1-15(35)41-33-21-13-7-5-11-19(21)31(39)25-26-28(34(42-16(2)36)22-14-8-6-12-20(22)32(26)40)24-23(27(25)33)29(37)17-9-3-4-10-18(17)30(24)38/h3-14H,1-2H3. The minimum atomic E-state index is -0.731. The highest BCUT2D eigenvalue weighted by Gasteiger charge is 2.29. The van der Waals surface area contributed by atoms with E-state index >= 15 is 0 Å². The Bertz CT molecular complexity index is 2370. The summed E-state index contributed by atoms with van der Waals surface area (Å²) in [5, 5.41) is -0.143. The van der Waals surface area contributed by atoms with Crippen LogP contribution < -0.4 is 31.2 Å². The number of hydrogen-bond donors (Lipinski definition) is 0. The van der Waals surface area contributed by atoms with Crippen LogP contribution in [0, 0.1) is 0 Å². The third-order valence-corrected chi connectivity index (χ3v) is 7.60. The van der Waals surface area contributed by atoms with Crippen molar-refractivity contribution < 1.29 is 19.1 Å². The van der Waals surface area contributed by atoms with Gasteiger partial charge in [-0.25, -0.2) is 0 Å². The Hall–Kier alpha value is -5.76. The summed E-state index contributed by atoms with van der Waals surface area (Å²) in [5.74, 6) is -1.70. The SMILES string of the molecule is CC(=O)Oc1c2ccccc2c(=O)c2c1c1c(=O)c3ccccc3c(=O)c1c1c(OC(C)=O)c3ccccc3c(=O)c12. The summed E-state index contributed by atoms with van der Waals surface area (Å²) in [4.78, 5) is 82.0. The van der Waals surface area contributed by atoms with Crippen molar-refractivity contribution in [2.75, 3.05) is 0 Å². The average molecular weight is 555 g/mol. The van der Waals surface area contributed by atoms with Gasteiger partial charge in [0.05, 0.1) is 0 Å². The van der Waals surface area contributed by atoms with Gasteiger partial charge in [-0.1, -0.05) is 72.8 Å². The maximum atomic E-state index is 14.3. The van der Waals surface area contributed by atoms with Crippen molar-refractivity contribution in [2.45, 2.75) is 13.8 Å². The molecule has 0 amide bonds. The van der Waals surface area contributed by atoms with Gasteiger partial charge in [0.1, 0.15) is 11.5 Å². The van der Waals surface area contributed by atoms with Crippen LogP contribution in [0.15, 0.2) is 92.0 Å². The molecule has 0 fully saturated rings. The predicted molar refractivity (Wildman–Crippen MR) is 162 cm³/mol. The molecule has 0 atom stereocenters. The molecule has 0 bridgehead atoms. The number of esters is 2. The molecule has 7 aromatic carbocycles. The van der Waals surface area contributed by atoms with Gasteiger partial charge in [0.15, 0.2) is 21.7 Å². The topological polar surface area (TPSA) is 121 Å². The van der Waals surface area contributed by atoms with Crippen LogP contribution in [0.1, 0.15) is 13.8 Å². The van der Waals surface area contributed by atoms with Crippen LogP contribution in [-0.4, -0.2) is 11.9 Å². The Morgan fingerprint density at radius 3 is 0.905 bits per heavy atom.